The fourth-order valence-electron chi connectivity index (χ4n) is 2.19. The van der Waals surface area contributed by atoms with Gasteiger partial charge >= 0.3 is 0 Å². The fraction of sp³-hybridized carbons (Fsp3) is 0.294. The van der Waals surface area contributed by atoms with E-state index in [2.05, 4.69) is 5.32 Å². The van der Waals surface area contributed by atoms with E-state index in [0.29, 0.717) is 5.56 Å². The number of aryl methyl sites for hydroxylation is 1. The van der Waals surface area contributed by atoms with E-state index in [0.717, 1.165) is 22.7 Å². The topological polar surface area (TPSA) is 30.5 Å². The van der Waals surface area contributed by atoms with Gasteiger partial charge in [0.15, 0.2) is 0 Å². The van der Waals surface area contributed by atoms with Crippen molar-refractivity contribution in [3.8, 4) is 11.5 Å². The molecule has 2 rings (SSSR count). The maximum atomic E-state index is 13.6. The minimum Gasteiger partial charge on any atom is -0.497 e. The summed E-state index contributed by atoms with van der Waals surface area (Å²) in [6.07, 6.45) is 0. The first kappa shape index (κ1) is 15.2. The average molecular weight is 289 g/mol. The van der Waals surface area contributed by atoms with Crippen molar-refractivity contribution < 1.29 is 13.9 Å². The third-order valence-electron chi connectivity index (χ3n) is 3.46. The number of nitrogens with one attached hydrogen (secondary N) is 1. The highest BCUT2D eigenvalue weighted by Gasteiger charge is 2.13. The molecule has 1 unspecified atom stereocenters. The zero-order chi connectivity index (χ0) is 15.4. The van der Waals surface area contributed by atoms with Crippen LogP contribution in [0.15, 0.2) is 36.4 Å². The highest BCUT2D eigenvalue weighted by atomic mass is 19.1. The zero-order valence-electron chi connectivity index (χ0n) is 12.7. The van der Waals surface area contributed by atoms with Crippen LogP contribution in [-0.4, -0.2) is 14.2 Å². The van der Waals surface area contributed by atoms with Crippen molar-refractivity contribution >= 4 is 5.69 Å². The summed E-state index contributed by atoms with van der Waals surface area (Å²) in [7, 11) is 3.24. The second-order valence-corrected chi connectivity index (χ2v) is 4.94. The molecule has 0 bridgehead atoms. The molecule has 0 heterocycles. The maximum Gasteiger partial charge on any atom is 0.128 e. The minimum absolute atomic E-state index is 0.0204. The second kappa shape index (κ2) is 6.48. The lowest BCUT2D eigenvalue weighted by molar-refractivity contribution is 0.390. The van der Waals surface area contributed by atoms with Crippen LogP contribution in [0.25, 0.3) is 0 Å². The standard InChI is InChI=1S/C17H20FNO2/c1-11-5-6-13(9-16(11)18)19-12(2)15-8-7-14(20-3)10-17(15)21-4/h5-10,12,19H,1-4H3. The molecule has 0 radical (unpaired) electrons. The van der Waals surface area contributed by atoms with Crippen LogP contribution in [0.1, 0.15) is 24.1 Å². The number of halogens is 1. The summed E-state index contributed by atoms with van der Waals surface area (Å²) in [4.78, 5) is 0. The molecule has 2 aromatic rings. The summed E-state index contributed by atoms with van der Waals surface area (Å²) in [5.41, 5.74) is 2.36. The summed E-state index contributed by atoms with van der Waals surface area (Å²) in [6, 6.07) is 10.8. The van der Waals surface area contributed by atoms with E-state index < -0.39 is 0 Å². The Balaban J connectivity index is 2.23. The Kier molecular flexibility index (Phi) is 4.68. The molecule has 0 amide bonds. The van der Waals surface area contributed by atoms with Crippen molar-refractivity contribution in [2.24, 2.45) is 0 Å². The smallest absolute Gasteiger partial charge is 0.128 e. The minimum atomic E-state index is -0.214. The van der Waals surface area contributed by atoms with E-state index in [9.17, 15) is 4.39 Å². The molecule has 0 aromatic heterocycles. The van der Waals surface area contributed by atoms with Crippen molar-refractivity contribution in [3.63, 3.8) is 0 Å². The summed E-state index contributed by atoms with van der Waals surface area (Å²) in [5, 5.41) is 3.28. The Morgan fingerprint density at radius 2 is 1.81 bits per heavy atom. The molecule has 112 valence electrons. The Morgan fingerprint density at radius 3 is 2.43 bits per heavy atom. The number of ether oxygens (including phenoxy) is 2. The van der Waals surface area contributed by atoms with Gasteiger partial charge in [-0.05, 0) is 43.7 Å². The predicted octanol–water partition coefficient (Wildman–Crippen LogP) is 4.32. The van der Waals surface area contributed by atoms with Gasteiger partial charge in [-0.2, -0.15) is 0 Å². The van der Waals surface area contributed by atoms with E-state index in [1.165, 1.54) is 6.07 Å². The van der Waals surface area contributed by atoms with Crippen molar-refractivity contribution in [2.75, 3.05) is 19.5 Å². The predicted molar refractivity (Wildman–Crippen MR) is 82.7 cm³/mol. The first-order valence-corrected chi connectivity index (χ1v) is 6.79. The molecule has 0 saturated heterocycles. The third kappa shape index (κ3) is 3.45. The number of benzene rings is 2. The van der Waals surface area contributed by atoms with E-state index in [1.807, 2.05) is 31.2 Å². The van der Waals surface area contributed by atoms with Gasteiger partial charge in [-0.3, -0.25) is 0 Å². The normalized spacial score (nSPS) is 11.9. The lowest BCUT2D eigenvalue weighted by Gasteiger charge is -2.19. The van der Waals surface area contributed by atoms with Crippen LogP contribution in [0.4, 0.5) is 10.1 Å². The molecule has 0 saturated carbocycles. The Hall–Kier alpha value is -2.23. The Labute approximate surface area is 124 Å². The average Bonchev–Trinajstić information content (AvgIpc) is 2.50. The molecular formula is C17H20FNO2. The first-order chi connectivity index (χ1) is 10.0. The fourth-order valence-corrected chi connectivity index (χ4v) is 2.19. The second-order valence-electron chi connectivity index (χ2n) is 4.94. The molecule has 1 atom stereocenters. The van der Waals surface area contributed by atoms with Crippen LogP contribution < -0.4 is 14.8 Å². The highest BCUT2D eigenvalue weighted by Crippen LogP contribution is 2.31. The van der Waals surface area contributed by atoms with Crippen molar-refractivity contribution in [1.29, 1.82) is 0 Å². The van der Waals surface area contributed by atoms with Crippen LogP contribution in [-0.2, 0) is 0 Å². The summed E-state index contributed by atoms with van der Waals surface area (Å²) >= 11 is 0. The van der Waals surface area contributed by atoms with Crippen LogP contribution in [0, 0.1) is 12.7 Å². The van der Waals surface area contributed by atoms with Gasteiger partial charge in [0.1, 0.15) is 17.3 Å². The summed E-state index contributed by atoms with van der Waals surface area (Å²) in [5.74, 6) is 1.26. The van der Waals surface area contributed by atoms with Gasteiger partial charge in [0.05, 0.1) is 20.3 Å². The van der Waals surface area contributed by atoms with E-state index in [-0.39, 0.29) is 11.9 Å². The van der Waals surface area contributed by atoms with Crippen LogP contribution >= 0.6 is 0 Å². The maximum absolute atomic E-state index is 13.6. The molecule has 0 aliphatic carbocycles. The number of hydrogen-bond donors (Lipinski definition) is 1. The number of methoxy groups -OCH3 is 2. The monoisotopic (exact) mass is 289 g/mol. The molecule has 0 aliphatic rings. The van der Waals surface area contributed by atoms with E-state index in [1.54, 1.807) is 27.2 Å². The number of rotatable bonds is 5. The number of hydrogen-bond acceptors (Lipinski definition) is 3. The van der Waals surface area contributed by atoms with Crippen LogP contribution in [0.3, 0.4) is 0 Å². The first-order valence-electron chi connectivity index (χ1n) is 6.79. The van der Waals surface area contributed by atoms with E-state index >= 15 is 0 Å². The lowest BCUT2D eigenvalue weighted by atomic mass is 10.1. The van der Waals surface area contributed by atoms with Gasteiger partial charge in [0.2, 0.25) is 0 Å². The SMILES string of the molecule is COc1ccc(C(C)Nc2ccc(C)c(F)c2)c(OC)c1. The molecule has 21 heavy (non-hydrogen) atoms. The van der Waals surface area contributed by atoms with Gasteiger partial charge in [-0.1, -0.05) is 6.07 Å². The molecule has 0 fully saturated rings. The van der Waals surface area contributed by atoms with Crippen molar-refractivity contribution in [3.05, 3.63) is 53.3 Å². The van der Waals surface area contributed by atoms with Gasteiger partial charge in [0.25, 0.3) is 0 Å². The van der Waals surface area contributed by atoms with Gasteiger partial charge in [0, 0.05) is 17.3 Å². The molecule has 0 spiro atoms. The summed E-state index contributed by atoms with van der Waals surface area (Å²) < 4.78 is 24.2. The molecule has 2 aromatic carbocycles. The molecule has 1 N–H and O–H groups in total. The van der Waals surface area contributed by atoms with Crippen molar-refractivity contribution in [1.82, 2.24) is 0 Å². The molecule has 4 heteroatoms. The largest absolute Gasteiger partial charge is 0.497 e. The van der Waals surface area contributed by atoms with Crippen LogP contribution in [0.2, 0.25) is 0 Å². The lowest BCUT2D eigenvalue weighted by Crippen LogP contribution is -2.08. The zero-order valence-corrected chi connectivity index (χ0v) is 12.7. The molecular weight excluding hydrogens is 269 g/mol. The molecule has 3 nitrogen and oxygen atoms in total. The van der Waals surface area contributed by atoms with Crippen molar-refractivity contribution in [2.45, 2.75) is 19.9 Å². The van der Waals surface area contributed by atoms with E-state index in [4.69, 9.17) is 9.47 Å². The molecule has 0 aliphatic heterocycles. The highest BCUT2D eigenvalue weighted by molar-refractivity contribution is 5.50. The summed E-state index contributed by atoms with van der Waals surface area (Å²) in [6.45, 7) is 3.75. The van der Waals surface area contributed by atoms with Gasteiger partial charge in [-0.15, -0.1) is 0 Å². The number of anilines is 1. The Bertz CT molecular complexity index is 628. The Morgan fingerprint density at radius 1 is 1.05 bits per heavy atom. The van der Waals surface area contributed by atoms with Crippen LogP contribution in [0.5, 0.6) is 11.5 Å². The van der Waals surface area contributed by atoms with Gasteiger partial charge < -0.3 is 14.8 Å². The van der Waals surface area contributed by atoms with Gasteiger partial charge in [-0.25, -0.2) is 4.39 Å². The quantitative estimate of drug-likeness (QED) is 0.889. The third-order valence-corrected chi connectivity index (χ3v) is 3.46.